The molecule has 0 unspecified atom stereocenters. The lowest BCUT2D eigenvalue weighted by Gasteiger charge is -2.06. The van der Waals surface area contributed by atoms with Crippen molar-refractivity contribution in [1.82, 2.24) is 4.98 Å². The highest BCUT2D eigenvalue weighted by atomic mass is 16.5. The maximum Gasteiger partial charge on any atom is 0.122 e. The third-order valence-electron chi connectivity index (χ3n) is 2.85. The van der Waals surface area contributed by atoms with Crippen LogP contribution in [-0.2, 0) is 6.42 Å². The lowest BCUT2D eigenvalue weighted by atomic mass is 10.0. The van der Waals surface area contributed by atoms with Gasteiger partial charge in [-0.25, -0.2) is 0 Å². The zero-order chi connectivity index (χ0) is 11.0. The third-order valence-corrected chi connectivity index (χ3v) is 2.85. The normalized spacial score (nSPS) is 13.2. The molecular formula is C13H12N2O. The standard InChI is InChI=1S/C13H12N2O/c14-12-8-15-5-3-11(12)9-1-2-13-10(7-9)4-6-16-13/h1-3,5,7-8H,4,6,14H2. The highest BCUT2D eigenvalue weighted by molar-refractivity contribution is 5.76. The molecule has 1 aromatic heterocycles. The van der Waals surface area contributed by atoms with Crippen LogP contribution < -0.4 is 10.5 Å². The fourth-order valence-corrected chi connectivity index (χ4v) is 2.02. The van der Waals surface area contributed by atoms with Crippen molar-refractivity contribution in [3.8, 4) is 16.9 Å². The van der Waals surface area contributed by atoms with Crippen LogP contribution in [0.5, 0.6) is 5.75 Å². The fourth-order valence-electron chi connectivity index (χ4n) is 2.02. The molecule has 1 aliphatic rings. The van der Waals surface area contributed by atoms with E-state index in [-0.39, 0.29) is 0 Å². The van der Waals surface area contributed by atoms with Gasteiger partial charge in [-0.05, 0) is 29.3 Å². The fraction of sp³-hybridized carbons (Fsp3) is 0.154. The molecule has 16 heavy (non-hydrogen) atoms. The number of nitrogens with zero attached hydrogens (tertiary/aromatic N) is 1. The summed E-state index contributed by atoms with van der Waals surface area (Å²) in [6, 6.07) is 8.13. The van der Waals surface area contributed by atoms with Crippen molar-refractivity contribution in [3.05, 3.63) is 42.2 Å². The second kappa shape index (κ2) is 3.52. The van der Waals surface area contributed by atoms with Crippen LogP contribution in [0.2, 0.25) is 0 Å². The smallest absolute Gasteiger partial charge is 0.122 e. The minimum absolute atomic E-state index is 0.710. The molecule has 0 aliphatic carbocycles. The van der Waals surface area contributed by atoms with Gasteiger partial charge in [-0.15, -0.1) is 0 Å². The van der Waals surface area contributed by atoms with Crippen molar-refractivity contribution in [2.45, 2.75) is 6.42 Å². The molecule has 0 saturated heterocycles. The van der Waals surface area contributed by atoms with Crippen LogP contribution >= 0.6 is 0 Å². The molecule has 80 valence electrons. The van der Waals surface area contributed by atoms with E-state index in [9.17, 15) is 0 Å². The van der Waals surface area contributed by atoms with E-state index in [0.717, 1.165) is 29.9 Å². The van der Waals surface area contributed by atoms with Crippen LogP contribution in [0.1, 0.15) is 5.56 Å². The molecule has 2 aromatic rings. The Bertz CT molecular complexity index is 537. The molecule has 2 heterocycles. The molecule has 2 N–H and O–H groups in total. The van der Waals surface area contributed by atoms with Crippen LogP contribution in [0.25, 0.3) is 11.1 Å². The van der Waals surface area contributed by atoms with Gasteiger partial charge >= 0.3 is 0 Å². The van der Waals surface area contributed by atoms with Crippen molar-refractivity contribution in [2.75, 3.05) is 12.3 Å². The van der Waals surface area contributed by atoms with Crippen molar-refractivity contribution in [1.29, 1.82) is 0 Å². The number of hydrogen-bond acceptors (Lipinski definition) is 3. The van der Waals surface area contributed by atoms with Gasteiger partial charge in [0.1, 0.15) is 5.75 Å². The first kappa shape index (κ1) is 9.21. The molecule has 0 fully saturated rings. The quantitative estimate of drug-likeness (QED) is 0.788. The first-order chi connectivity index (χ1) is 7.84. The third kappa shape index (κ3) is 1.41. The number of benzene rings is 1. The van der Waals surface area contributed by atoms with Gasteiger partial charge in [0, 0.05) is 18.2 Å². The van der Waals surface area contributed by atoms with Gasteiger partial charge in [-0.2, -0.15) is 0 Å². The van der Waals surface area contributed by atoms with Crippen LogP contribution in [-0.4, -0.2) is 11.6 Å². The number of aromatic nitrogens is 1. The number of rotatable bonds is 1. The van der Waals surface area contributed by atoms with Gasteiger partial charge in [-0.1, -0.05) is 6.07 Å². The molecule has 1 aromatic carbocycles. The van der Waals surface area contributed by atoms with E-state index >= 15 is 0 Å². The van der Waals surface area contributed by atoms with Crippen molar-refractivity contribution >= 4 is 5.69 Å². The van der Waals surface area contributed by atoms with Crippen LogP contribution in [0, 0.1) is 0 Å². The van der Waals surface area contributed by atoms with E-state index in [1.54, 1.807) is 12.4 Å². The Morgan fingerprint density at radius 3 is 3.06 bits per heavy atom. The number of pyridine rings is 1. The minimum atomic E-state index is 0.710. The Kier molecular flexibility index (Phi) is 2.03. The number of ether oxygens (including phenoxy) is 1. The Labute approximate surface area is 93.9 Å². The maximum absolute atomic E-state index is 5.90. The second-order valence-electron chi connectivity index (χ2n) is 3.88. The summed E-state index contributed by atoms with van der Waals surface area (Å²) >= 11 is 0. The molecule has 1 aliphatic heterocycles. The SMILES string of the molecule is Nc1cnccc1-c1ccc2c(c1)CCO2. The lowest BCUT2D eigenvalue weighted by molar-refractivity contribution is 0.357. The van der Waals surface area contributed by atoms with E-state index in [1.165, 1.54) is 5.56 Å². The highest BCUT2D eigenvalue weighted by Gasteiger charge is 2.13. The molecule has 0 bridgehead atoms. The predicted molar refractivity (Wildman–Crippen MR) is 63.3 cm³/mol. The Morgan fingerprint density at radius 2 is 2.19 bits per heavy atom. The number of anilines is 1. The summed E-state index contributed by atoms with van der Waals surface area (Å²) < 4.78 is 5.48. The Hall–Kier alpha value is -2.03. The van der Waals surface area contributed by atoms with E-state index in [1.807, 2.05) is 18.2 Å². The Morgan fingerprint density at radius 1 is 1.25 bits per heavy atom. The minimum Gasteiger partial charge on any atom is -0.493 e. The average Bonchev–Trinajstić information content (AvgIpc) is 2.76. The topological polar surface area (TPSA) is 48.1 Å². The largest absolute Gasteiger partial charge is 0.493 e. The molecule has 0 amide bonds. The first-order valence-electron chi connectivity index (χ1n) is 5.30. The molecule has 3 nitrogen and oxygen atoms in total. The van der Waals surface area contributed by atoms with Gasteiger partial charge in [0.05, 0.1) is 18.5 Å². The van der Waals surface area contributed by atoms with Gasteiger partial charge in [0.25, 0.3) is 0 Å². The molecule has 0 radical (unpaired) electrons. The highest BCUT2D eigenvalue weighted by Crippen LogP contribution is 2.32. The summed E-state index contributed by atoms with van der Waals surface area (Å²) in [5, 5.41) is 0. The van der Waals surface area contributed by atoms with E-state index in [4.69, 9.17) is 10.5 Å². The van der Waals surface area contributed by atoms with Crippen LogP contribution in [0.3, 0.4) is 0 Å². The molecule has 0 saturated carbocycles. The van der Waals surface area contributed by atoms with E-state index < -0.39 is 0 Å². The molecule has 3 rings (SSSR count). The van der Waals surface area contributed by atoms with Gasteiger partial charge < -0.3 is 10.5 Å². The zero-order valence-corrected chi connectivity index (χ0v) is 8.81. The van der Waals surface area contributed by atoms with Gasteiger partial charge in [0.2, 0.25) is 0 Å². The molecular weight excluding hydrogens is 200 g/mol. The summed E-state index contributed by atoms with van der Waals surface area (Å²) in [5.41, 5.74) is 10.0. The lowest BCUT2D eigenvalue weighted by Crippen LogP contribution is -1.91. The summed E-state index contributed by atoms with van der Waals surface area (Å²) in [6.45, 7) is 0.782. The Balaban J connectivity index is 2.11. The summed E-state index contributed by atoms with van der Waals surface area (Å²) in [4.78, 5) is 3.99. The number of hydrogen-bond donors (Lipinski definition) is 1. The average molecular weight is 212 g/mol. The predicted octanol–water partition coefficient (Wildman–Crippen LogP) is 2.27. The maximum atomic E-state index is 5.90. The summed E-state index contributed by atoms with van der Waals surface area (Å²) in [6.07, 6.45) is 4.42. The number of nitrogens with two attached hydrogens (primary N) is 1. The van der Waals surface area contributed by atoms with Crippen molar-refractivity contribution in [2.24, 2.45) is 0 Å². The monoisotopic (exact) mass is 212 g/mol. The summed E-state index contributed by atoms with van der Waals surface area (Å²) in [5.74, 6) is 0.997. The van der Waals surface area contributed by atoms with Crippen molar-refractivity contribution in [3.63, 3.8) is 0 Å². The van der Waals surface area contributed by atoms with Crippen molar-refractivity contribution < 1.29 is 4.74 Å². The number of nitrogen functional groups attached to an aromatic ring is 1. The summed E-state index contributed by atoms with van der Waals surface area (Å²) in [7, 11) is 0. The van der Waals surface area contributed by atoms with Crippen LogP contribution in [0.4, 0.5) is 5.69 Å². The molecule has 0 atom stereocenters. The zero-order valence-electron chi connectivity index (χ0n) is 8.81. The number of fused-ring (bicyclic) bond motifs is 1. The second-order valence-corrected chi connectivity index (χ2v) is 3.88. The van der Waals surface area contributed by atoms with E-state index in [0.29, 0.717) is 5.69 Å². The van der Waals surface area contributed by atoms with Gasteiger partial charge in [0.15, 0.2) is 0 Å². The van der Waals surface area contributed by atoms with E-state index in [2.05, 4.69) is 11.1 Å². The first-order valence-corrected chi connectivity index (χ1v) is 5.30. The molecule has 0 spiro atoms. The van der Waals surface area contributed by atoms with Gasteiger partial charge in [-0.3, -0.25) is 4.98 Å². The molecule has 3 heteroatoms. The van der Waals surface area contributed by atoms with Crippen LogP contribution in [0.15, 0.2) is 36.7 Å².